The highest BCUT2D eigenvalue weighted by Crippen LogP contribution is 2.44. The van der Waals surface area contributed by atoms with Crippen molar-refractivity contribution in [3.8, 4) is 0 Å². The van der Waals surface area contributed by atoms with Gasteiger partial charge in [-0.3, -0.25) is 9.79 Å². The van der Waals surface area contributed by atoms with E-state index >= 15 is 0 Å². The van der Waals surface area contributed by atoms with E-state index in [0.717, 1.165) is 17.6 Å². The number of nitrogens with zero attached hydrogens (tertiary/aromatic N) is 1. The molecule has 0 saturated heterocycles. The zero-order valence-electron chi connectivity index (χ0n) is 12.7. The van der Waals surface area contributed by atoms with Crippen molar-refractivity contribution in [2.45, 2.75) is 25.2 Å². The zero-order valence-corrected chi connectivity index (χ0v) is 12.7. The van der Waals surface area contributed by atoms with Gasteiger partial charge in [0.1, 0.15) is 11.2 Å². The Morgan fingerprint density at radius 3 is 2.91 bits per heavy atom. The summed E-state index contributed by atoms with van der Waals surface area (Å²) in [6, 6.07) is 4.87. The Morgan fingerprint density at radius 2 is 2.23 bits per heavy atom. The second kappa shape index (κ2) is 5.52. The Labute approximate surface area is 129 Å². The Hall–Kier alpha value is -2.23. The van der Waals surface area contributed by atoms with Gasteiger partial charge in [-0.15, -0.1) is 0 Å². The summed E-state index contributed by atoms with van der Waals surface area (Å²) < 4.78 is 19.0. The van der Waals surface area contributed by atoms with E-state index in [1.54, 1.807) is 13.0 Å². The molecule has 0 spiro atoms. The van der Waals surface area contributed by atoms with Gasteiger partial charge in [-0.25, -0.2) is 4.39 Å². The monoisotopic (exact) mass is 299 g/mol. The molecule has 2 aliphatic rings. The quantitative estimate of drug-likeness (QED) is 0.803. The Kier molecular flexibility index (Phi) is 3.69. The number of carbonyl (C=O) groups excluding carboxylic acids is 1. The topological polar surface area (TPSA) is 38.7 Å². The van der Waals surface area contributed by atoms with Gasteiger partial charge in [-0.1, -0.05) is 24.3 Å². The summed E-state index contributed by atoms with van der Waals surface area (Å²) in [7, 11) is 1.38. The smallest absolute Gasteiger partial charge is 0.320 e. The first-order chi connectivity index (χ1) is 10.6. The van der Waals surface area contributed by atoms with Crippen molar-refractivity contribution in [1.29, 1.82) is 0 Å². The van der Waals surface area contributed by atoms with E-state index in [9.17, 15) is 9.18 Å². The van der Waals surface area contributed by atoms with Crippen molar-refractivity contribution in [2.75, 3.05) is 13.7 Å². The lowest BCUT2D eigenvalue weighted by molar-refractivity contribution is -0.145. The number of rotatable bonds is 3. The average Bonchev–Trinajstić information content (AvgIpc) is 3.18. The fraction of sp³-hybridized carbons (Fsp3) is 0.333. The number of halogens is 1. The summed E-state index contributed by atoms with van der Waals surface area (Å²) >= 11 is 0. The van der Waals surface area contributed by atoms with Crippen molar-refractivity contribution in [3.05, 3.63) is 58.4 Å². The molecule has 1 atom stereocenters. The molecule has 3 rings (SSSR count). The second-order valence-electron chi connectivity index (χ2n) is 5.70. The van der Waals surface area contributed by atoms with E-state index in [-0.39, 0.29) is 11.8 Å². The number of methoxy groups -OCH3 is 1. The summed E-state index contributed by atoms with van der Waals surface area (Å²) in [5.41, 5.74) is 2.41. The van der Waals surface area contributed by atoms with E-state index in [1.807, 2.05) is 24.4 Å². The Morgan fingerprint density at radius 1 is 1.41 bits per heavy atom. The van der Waals surface area contributed by atoms with Crippen molar-refractivity contribution in [1.82, 2.24) is 0 Å². The molecule has 0 amide bonds. The van der Waals surface area contributed by atoms with Crippen LogP contribution in [0.4, 0.5) is 4.39 Å². The second-order valence-corrected chi connectivity index (χ2v) is 5.70. The van der Waals surface area contributed by atoms with Crippen molar-refractivity contribution < 1.29 is 13.9 Å². The molecule has 0 fully saturated rings. The van der Waals surface area contributed by atoms with E-state index in [2.05, 4.69) is 4.99 Å². The molecule has 114 valence electrons. The Balaban J connectivity index is 2.13. The molecular formula is C18H18FNO2. The van der Waals surface area contributed by atoms with Gasteiger partial charge in [0.25, 0.3) is 0 Å². The van der Waals surface area contributed by atoms with E-state index in [1.165, 1.54) is 13.2 Å². The fourth-order valence-electron chi connectivity index (χ4n) is 3.33. The molecule has 1 aromatic carbocycles. The maximum Gasteiger partial charge on any atom is 0.320 e. The fourth-order valence-corrected chi connectivity index (χ4v) is 3.33. The number of hydrogen-bond acceptors (Lipinski definition) is 3. The number of benzene rings is 1. The number of aliphatic imine (C=N–C) groups is 1. The van der Waals surface area contributed by atoms with Crippen LogP contribution in [0.5, 0.6) is 0 Å². The molecule has 0 bridgehead atoms. The molecule has 0 radical (unpaired) electrons. The third kappa shape index (κ3) is 2.19. The first-order valence-corrected chi connectivity index (χ1v) is 7.34. The highest BCUT2D eigenvalue weighted by atomic mass is 19.1. The molecule has 3 nitrogen and oxygen atoms in total. The summed E-state index contributed by atoms with van der Waals surface area (Å²) in [6.07, 6.45) is 7.15. The standard InChI is InChI=1S/C18H18FNO2/c1-12-15(4-3-5-16(12)19)18(17(21)22-2)8-6-13(10-18)14-7-9-20-11-14/h3-5,7,10-11H,6,8-9H2,1-2H3/t18-/m0/s1. The first-order valence-electron chi connectivity index (χ1n) is 7.34. The summed E-state index contributed by atoms with van der Waals surface area (Å²) in [4.78, 5) is 16.7. The van der Waals surface area contributed by atoms with E-state index in [4.69, 9.17) is 4.74 Å². The minimum atomic E-state index is -0.909. The minimum absolute atomic E-state index is 0.302. The predicted octanol–water partition coefficient (Wildman–Crippen LogP) is 3.28. The molecule has 4 heteroatoms. The lowest BCUT2D eigenvalue weighted by Crippen LogP contribution is -2.34. The van der Waals surface area contributed by atoms with Crippen LogP contribution in [0.15, 0.2) is 46.5 Å². The molecule has 0 N–H and O–H groups in total. The molecule has 1 aliphatic heterocycles. The van der Waals surface area contributed by atoms with Crippen LogP contribution in [-0.4, -0.2) is 25.8 Å². The molecule has 22 heavy (non-hydrogen) atoms. The van der Waals surface area contributed by atoms with Crippen LogP contribution in [0.1, 0.15) is 24.0 Å². The van der Waals surface area contributed by atoms with E-state index < -0.39 is 5.41 Å². The normalized spacial score (nSPS) is 23.4. The first kappa shape index (κ1) is 14.7. The highest BCUT2D eigenvalue weighted by molar-refractivity contribution is 5.91. The molecular weight excluding hydrogens is 281 g/mol. The average molecular weight is 299 g/mol. The van der Waals surface area contributed by atoms with Gasteiger partial charge < -0.3 is 4.74 Å². The maximum absolute atomic E-state index is 14.0. The van der Waals surface area contributed by atoms with Crippen LogP contribution in [0, 0.1) is 12.7 Å². The van der Waals surface area contributed by atoms with Crippen LogP contribution >= 0.6 is 0 Å². The van der Waals surface area contributed by atoms with Crippen LogP contribution in [0.25, 0.3) is 0 Å². The number of ether oxygens (including phenoxy) is 1. The van der Waals surface area contributed by atoms with Gasteiger partial charge in [-0.2, -0.15) is 0 Å². The predicted molar refractivity (Wildman–Crippen MR) is 83.6 cm³/mol. The van der Waals surface area contributed by atoms with Crippen molar-refractivity contribution in [2.24, 2.45) is 4.99 Å². The summed E-state index contributed by atoms with van der Waals surface area (Å²) in [5.74, 6) is -0.643. The molecule has 0 aromatic heterocycles. The molecule has 0 unspecified atom stereocenters. The molecule has 1 aromatic rings. The van der Waals surface area contributed by atoms with Gasteiger partial charge >= 0.3 is 5.97 Å². The number of carbonyl (C=O) groups is 1. The minimum Gasteiger partial charge on any atom is -0.468 e. The van der Waals surface area contributed by atoms with Crippen molar-refractivity contribution in [3.63, 3.8) is 0 Å². The highest BCUT2D eigenvalue weighted by Gasteiger charge is 2.44. The van der Waals surface area contributed by atoms with Crippen LogP contribution in [0.2, 0.25) is 0 Å². The van der Waals surface area contributed by atoms with Gasteiger partial charge in [-0.05, 0) is 48.1 Å². The third-order valence-electron chi connectivity index (χ3n) is 4.53. The van der Waals surface area contributed by atoms with Crippen LogP contribution < -0.4 is 0 Å². The van der Waals surface area contributed by atoms with Gasteiger partial charge in [0.15, 0.2) is 0 Å². The van der Waals surface area contributed by atoms with Gasteiger partial charge in [0, 0.05) is 6.21 Å². The summed E-state index contributed by atoms with van der Waals surface area (Å²) in [6.45, 7) is 2.38. The molecule has 1 aliphatic carbocycles. The SMILES string of the molecule is COC(=O)[C@]1(c2cccc(F)c2C)C=C(C2=CCN=C2)CC1. The number of allylic oxidation sites excluding steroid dienone is 2. The van der Waals surface area contributed by atoms with Gasteiger partial charge in [0.2, 0.25) is 0 Å². The third-order valence-corrected chi connectivity index (χ3v) is 4.53. The molecule has 1 heterocycles. The largest absolute Gasteiger partial charge is 0.468 e. The maximum atomic E-state index is 14.0. The number of esters is 1. The summed E-state index contributed by atoms with van der Waals surface area (Å²) in [5, 5.41) is 0. The lowest BCUT2D eigenvalue weighted by atomic mass is 9.77. The van der Waals surface area contributed by atoms with E-state index in [0.29, 0.717) is 24.1 Å². The van der Waals surface area contributed by atoms with Crippen LogP contribution in [-0.2, 0) is 14.9 Å². The van der Waals surface area contributed by atoms with Gasteiger partial charge in [0.05, 0.1) is 13.7 Å². The zero-order chi connectivity index (χ0) is 15.7. The Bertz CT molecular complexity index is 718. The van der Waals surface area contributed by atoms with Crippen LogP contribution in [0.3, 0.4) is 0 Å². The number of hydrogen-bond donors (Lipinski definition) is 0. The lowest BCUT2D eigenvalue weighted by Gasteiger charge is -2.26. The molecule has 0 saturated carbocycles. The van der Waals surface area contributed by atoms with Crippen molar-refractivity contribution >= 4 is 12.2 Å².